The summed E-state index contributed by atoms with van der Waals surface area (Å²) in [4.78, 5) is 23.2. The molecule has 1 aliphatic carbocycles. The molecule has 0 spiro atoms. The summed E-state index contributed by atoms with van der Waals surface area (Å²) in [6.07, 6.45) is 3.14. The van der Waals surface area contributed by atoms with Crippen LogP contribution in [0.4, 0.5) is 10.5 Å². The van der Waals surface area contributed by atoms with Crippen molar-refractivity contribution < 1.29 is 19.4 Å². The molecule has 2 unspecified atom stereocenters. The third kappa shape index (κ3) is 4.11. The molecule has 2 atom stereocenters. The summed E-state index contributed by atoms with van der Waals surface area (Å²) in [5.74, 6) is -0.704. The monoisotopic (exact) mass is 292 g/mol. The summed E-state index contributed by atoms with van der Waals surface area (Å²) in [6, 6.07) is 6.30. The average Bonchev–Trinajstić information content (AvgIpc) is 2.47. The number of benzene rings is 1. The molecule has 2 rings (SSSR count). The van der Waals surface area contributed by atoms with Crippen molar-refractivity contribution in [3.8, 4) is 5.75 Å². The van der Waals surface area contributed by atoms with Crippen molar-refractivity contribution in [3.05, 3.63) is 24.3 Å². The lowest BCUT2D eigenvalue weighted by atomic mass is 9.84. The SMILES string of the molecule is COc1cccc(NC(=O)NC2CCCCC2C(=O)O)c1. The smallest absolute Gasteiger partial charge is 0.319 e. The number of aliphatic carboxylic acids is 1. The first-order chi connectivity index (χ1) is 10.1. The normalized spacial score (nSPS) is 21.4. The lowest BCUT2D eigenvalue weighted by molar-refractivity contribution is -0.143. The Kier molecular flexibility index (Phi) is 5.03. The van der Waals surface area contributed by atoms with Crippen molar-refractivity contribution in [3.63, 3.8) is 0 Å². The van der Waals surface area contributed by atoms with Gasteiger partial charge in [-0.2, -0.15) is 0 Å². The van der Waals surface area contributed by atoms with Crippen molar-refractivity contribution in [2.45, 2.75) is 31.7 Å². The van der Waals surface area contributed by atoms with E-state index in [0.29, 0.717) is 24.3 Å². The lowest BCUT2D eigenvalue weighted by Gasteiger charge is -2.29. The number of amides is 2. The second kappa shape index (κ2) is 6.97. The number of ether oxygens (including phenoxy) is 1. The van der Waals surface area contributed by atoms with Gasteiger partial charge in [-0.1, -0.05) is 18.9 Å². The predicted molar refractivity (Wildman–Crippen MR) is 78.5 cm³/mol. The van der Waals surface area contributed by atoms with E-state index in [1.165, 1.54) is 0 Å². The van der Waals surface area contributed by atoms with Crippen LogP contribution in [0.25, 0.3) is 0 Å². The highest BCUT2D eigenvalue weighted by molar-refractivity contribution is 5.90. The molecule has 1 aromatic rings. The van der Waals surface area contributed by atoms with Gasteiger partial charge in [0.05, 0.1) is 13.0 Å². The van der Waals surface area contributed by atoms with Crippen LogP contribution in [0.2, 0.25) is 0 Å². The molecule has 114 valence electrons. The minimum absolute atomic E-state index is 0.318. The molecule has 3 N–H and O–H groups in total. The van der Waals surface area contributed by atoms with E-state index in [9.17, 15) is 14.7 Å². The van der Waals surface area contributed by atoms with Crippen LogP contribution in [0.5, 0.6) is 5.75 Å². The lowest BCUT2D eigenvalue weighted by Crippen LogP contribution is -2.46. The molecule has 6 heteroatoms. The maximum absolute atomic E-state index is 12.0. The number of carboxylic acid groups (broad SMARTS) is 1. The zero-order valence-corrected chi connectivity index (χ0v) is 12.0. The van der Waals surface area contributed by atoms with Gasteiger partial charge in [-0.25, -0.2) is 4.79 Å². The van der Waals surface area contributed by atoms with E-state index in [0.717, 1.165) is 12.8 Å². The molecule has 0 saturated heterocycles. The highest BCUT2D eigenvalue weighted by Gasteiger charge is 2.31. The van der Waals surface area contributed by atoms with Gasteiger partial charge in [0.25, 0.3) is 0 Å². The van der Waals surface area contributed by atoms with Gasteiger partial charge in [-0.05, 0) is 25.0 Å². The van der Waals surface area contributed by atoms with Crippen LogP contribution in [0.15, 0.2) is 24.3 Å². The third-order valence-corrected chi connectivity index (χ3v) is 3.73. The number of carboxylic acids is 1. The number of methoxy groups -OCH3 is 1. The summed E-state index contributed by atoms with van der Waals surface area (Å²) in [5, 5.41) is 14.7. The molecule has 2 amide bonds. The van der Waals surface area contributed by atoms with Crippen LogP contribution >= 0.6 is 0 Å². The van der Waals surface area contributed by atoms with E-state index in [-0.39, 0.29) is 12.1 Å². The molecule has 1 fully saturated rings. The number of hydrogen-bond acceptors (Lipinski definition) is 3. The number of anilines is 1. The molecule has 21 heavy (non-hydrogen) atoms. The Morgan fingerprint density at radius 2 is 2.05 bits per heavy atom. The van der Waals surface area contributed by atoms with Gasteiger partial charge in [0, 0.05) is 17.8 Å². The van der Waals surface area contributed by atoms with E-state index in [4.69, 9.17) is 4.74 Å². The zero-order valence-electron chi connectivity index (χ0n) is 12.0. The number of rotatable bonds is 4. The van der Waals surface area contributed by atoms with Crippen LogP contribution in [0.1, 0.15) is 25.7 Å². The van der Waals surface area contributed by atoms with Crippen molar-refractivity contribution in [2.24, 2.45) is 5.92 Å². The second-order valence-electron chi connectivity index (χ2n) is 5.17. The van der Waals surface area contributed by atoms with Gasteiger partial charge < -0.3 is 20.5 Å². The standard InChI is InChI=1S/C15H20N2O4/c1-21-11-6-4-5-10(9-11)16-15(20)17-13-8-3-2-7-12(13)14(18)19/h4-6,9,12-13H,2-3,7-8H2,1H3,(H,18,19)(H2,16,17,20). The van der Waals surface area contributed by atoms with Gasteiger partial charge in [-0.15, -0.1) is 0 Å². The summed E-state index contributed by atoms with van der Waals surface area (Å²) in [6.45, 7) is 0. The highest BCUT2D eigenvalue weighted by atomic mass is 16.5. The van der Waals surface area contributed by atoms with E-state index >= 15 is 0 Å². The summed E-state index contributed by atoms with van der Waals surface area (Å²) in [5.41, 5.74) is 0.606. The van der Waals surface area contributed by atoms with E-state index in [1.54, 1.807) is 31.4 Å². The maximum Gasteiger partial charge on any atom is 0.319 e. The Balaban J connectivity index is 1.95. The Hall–Kier alpha value is -2.24. The highest BCUT2D eigenvalue weighted by Crippen LogP contribution is 2.25. The Labute approximate surface area is 123 Å². The van der Waals surface area contributed by atoms with Crippen molar-refractivity contribution in [2.75, 3.05) is 12.4 Å². The number of hydrogen-bond donors (Lipinski definition) is 3. The predicted octanol–water partition coefficient (Wildman–Crippen LogP) is 2.46. The van der Waals surface area contributed by atoms with Gasteiger partial charge in [0.15, 0.2) is 0 Å². The molecular formula is C15H20N2O4. The van der Waals surface area contributed by atoms with Crippen LogP contribution < -0.4 is 15.4 Å². The van der Waals surface area contributed by atoms with Crippen molar-refractivity contribution >= 4 is 17.7 Å². The Bertz CT molecular complexity index is 518. The third-order valence-electron chi connectivity index (χ3n) is 3.73. The van der Waals surface area contributed by atoms with Crippen LogP contribution in [0.3, 0.4) is 0 Å². The van der Waals surface area contributed by atoms with E-state index in [2.05, 4.69) is 10.6 Å². The number of carbonyl (C=O) groups excluding carboxylic acids is 1. The van der Waals surface area contributed by atoms with Gasteiger partial charge in [0.1, 0.15) is 5.75 Å². The van der Waals surface area contributed by atoms with Gasteiger partial charge in [-0.3, -0.25) is 4.79 Å². The fourth-order valence-electron chi connectivity index (χ4n) is 2.64. The molecule has 0 heterocycles. The van der Waals surface area contributed by atoms with Crippen LogP contribution in [0, 0.1) is 5.92 Å². The van der Waals surface area contributed by atoms with Crippen molar-refractivity contribution in [1.82, 2.24) is 5.32 Å². The molecule has 0 aliphatic heterocycles. The minimum atomic E-state index is -0.846. The zero-order chi connectivity index (χ0) is 15.2. The van der Waals surface area contributed by atoms with E-state index < -0.39 is 11.9 Å². The van der Waals surface area contributed by atoms with Crippen LogP contribution in [-0.2, 0) is 4.79 Å². The topological polar surface area (TPSA) is 87.7 Å². The quantitative estimate of drug-likeness (QED) is 0.795. The molecule has 1 aromatic carbocycles. The molecule has 0 aromatic heterocycles. The minimum Gasteiger partial charge on any atom is -0.497 e. The summed E-state index contributed by atoms with van der Waals surface area (Å²) >= 11 is 0. The molecule has 1 aliphatic rings. The number of urea groups is 1. The molecular weight excluding hydrogens is 272 g/mol. The first kappa shape index (κ1) is 15.2. The van der Waals surface area contributed by atoms with Gasteiger partial charge >= 0.3 is 12.0 Å². The number of carbonyl (C=O) groups is 2. The Morgan fingerprint density at radius 3 is 2.76 bits per heavy atom. The fourth-order valence-corrected chi connectivity index (χ4v) is 2.64. The molecule has 6 nitrogen and oxygen atoms in total. The summed E-state index contributed by atoms with van der Waals surface area (Å²) < 4.78 is 5.09. The first-order valence-electron chi connectivity index (χ1n) is 7.04. The van der Waals surface area contributed by atoms with Gasteiger partial charge in [0.2, 0.25) is 0 Å². The van der Waals surface area contributed by atoms with Crippen LogP contribution in [-0.4, -0.2) is 30.3 Å². The summed E-state index contributed by atoms with van der Waals surface area (Å²) in [7, 11) is 1.55. The maximum atomic E-state index is 12.0. The average molecular weight is 292 g/mol. The number of nitrogens with one attached hydrogen (secondary N) is 2. The largest absolute Gasteiger partial charge is 0.497 e. The Morgan fingerprint density at radius 1 is 1.29 bits per heavy atom. The first-order valence-corrected chi connectivity index (χ1v) is 7.04. The molecule has 0 radical (unpaired) electrons. The van der Waals surface area contributed by atoms with E-state index in [1.807, 2.05) is 0 Å². The molecule has 0 bridgehead atoms. The second-order valence-corrected chi connectivity index (χ2v) is 5.17. The molecule has 1 saturated carbocycles. The van der Waals surface area contributed by atoms with Crippen molar-refractivity contribution in [1.29, 1.82) is 0 Å². The fraction of sp³-hybridized carbons (Fsp3) is 0.467.